The van der Waals surface area contributed by atoms with Crippen molar-refractivity contribution in [3.05, 3.63) is 65.0 Å². The van der Waals surface area contributed by atoms with E-state index in [1.165, 1.54) is 18.2 Å². The Hall–Kier alpha value is -3.22. The third-order valence-corrected chi connectivity index (χ3v) is 4.93. The third-order valence-electron chi connectivity index (χ3n) is 4.93. The molecule has 1 fully saturated rings. The minimum Gasteiger partial charge on any atom is -0.315 e. The number of imide groups is 1. The van der Waals surface area contributed by atoms with Crippen LogP contribution in [0.2, 0.25) is 0 Å². The molecular weight excluding hydrogens is 349 g/mol. The zero-order valence-electron chi connectivity index (χ0n) is 14.7. The fourth-order valence-corrected chi connectivity index (χ4v) is 3.41. The summed E-state index contributed by atoms with van der Waals surface area (Å²) in [5.74, 6) is -1.28. The van der Waals surface area contributed by atoms with Crippen molar-refractivity contribution in [3.63, 3.8) is 0 Å². The maximum atomic E-state index is 14.2. The van der Waals surface area contributed by atoms with Crippen molar-refractivity contribution in [3.8, 4) is 0 Å². The van der Waals surface area contributed by atoms with Crippen molar-refractivity contribution in [1.29, 1.82) is 0 Å². The molecule has 2 N–H and O–H groups in total. The largest absolute Gasteiger partial charge is 0.322 e. The molecule has 2 aromatic rings. The molecule has 4 rings (SSSR count). The summed E-state index contributed by atoms with van der Waals surface area (Å²) in [5, 5.41) is 4.99. The summed E-state index contributed by atoms with van der Waals surface area (Å²) < 4.78 is 14.2. The number of carbonyl (C=O) groups is 3. The molecule has 1 aliphatic carbocycles. The van der Waals surface area contributed by atoms with Crippen molar-refractivity contribution in [2.24, 2.45) is 0 Å². The fraction of sp³-hybridized carbons (Fsp3) is 0.250. The van der Waals surface area contributed by atoms with Crippen LogP contribution in [-0.2, 0) is 0 Å². The third kappa shape index (κ3) is 3.16. The Balaban J connectivity index is 1.57. The molecule has 0 radical (unpaired) electrons. The van der Waals surface area contributed by atoms with Crippen molar-refractivity contribution in [1.82, 2.24) is 10.2 Å². The minimum atomic E-state index is -0.482. The van der Waals surface area contributed by atoms with E-state index in [0.717, 1.165) is 12.8 Å². The van der Waals surface area contributed by atoms with Gasteiger partial charge in [0.05, 0.1) is 17.2 Å². The summed E-state index contributed by atoms with van der Waals surface area (Å²) in [7, 11) is 0. The van der Waals surface area contributed by atoms with Crippen molar-refractivity contribution in [2.75, 3.05) is 5.32 Å². The van der Waals surface area contributed by atoms with Crippen LogP contribution in [0.1, 0.15) is 52.1 Å². The highest BCUT2D eigenvalue weighted by molar-refractivity contribution is 6.22. The van der Waals surface area contributed by atoms with E-state index in [-0.39, 0.29) is 29.0 Å². The smallest absolute Gasteiger partial charge is 0.315 e. The standard InChI is InChI=1S/C20H18FN3O3/c1-11(14-4-2-3-5-17(14)21)24(13-7-8-13)20(27)22-12-6-9-15-16(10-12)19(26)23-18(15)25/h2-6,9-11,13H,7-8H2,1H3,(H,22,27)(H,23,25,26). The molecule has 0 saturated heterocycles. The summed E-state index contributed by atoms with van der Waals surface area (Å²) in [5.41, 5.74) is 1.39. The number of amides is 4. The molecule has 2 aromatic carbocycles. The van der Waals surface area contributed by atoms with Gasteiger partial charge in [-0.05, 0) is 44.0 Å². The molecular formula is C20H18FN3O3. The number of halogens is 1. The Morgan fingerprint density at radius 2 is 1.85 bits per heavy atom. The molecule has 0 aromatic heterocycles. The zero-order valence-corrected chi connectivity index (χ0v) is 14.7. The molecule has 4 amide bonds. The number of benzene rings is 2. The number of hydrogen-bond acceptors (Lipinski definition) is 3. The van der Waals surface area contributed by atoms with Crippen LogP contribution in [-0.4, -0.2) is 28.8 Å². The number of anilines is 1. The highest BCUT2D eigenvalue weighted by Crippen LogP contribution is 2.35. The van der Waals surface area contributed by atoms with Crippen molar-refractivity contribution >= 4 is 23.5 Å². The topological polar surface area (TPSA) is 78.5 Å². The molecule has 27 heavy (non-hydrogen) atoms. The van der Waals surface area contributed by atoms with E-state index >= 15 is 0 Å². The number of rotatable bonds is 4. The van der Waals surface area contributed by atoms with Crippen molar-refractivity contribution in [2.45, 2.75) is 31.8 Å². The van der Waals surface area contributed by atoms with Gasteiger partial charge in [0.1, 0.15) is 5.82 Å². The molecule has 1 unspecified atom stereocenters. The number of urea groups is 1. The average Bonchev–Trinajstić information content (AvgIpc) is 3.42. The Morgan fingerprint density at radius 1 is 1.15 bits per heavy atom. The molecule has 1 saturated carbocycles. The molecule has 1 heterocycles. The average molecular weight is 367 g/mol. The predicted octanol–water partition coefficient (Wildman–Crippen LogP) is 3.47. The van der Waals surface area contributed by atoms with E-state index in [4.69, 9.17) is 0 Å². The fourth-order valence-electron chi connectivity index (χ4n) is 3.41. The Bertz CT molecular complexity index is 955. The molecule has 138 valence electrons. The zero-order chi connectivity index (χ0) is 19.1. The SMILES string of the molecule is CC(c1ccccc1F)N(C(=O)Nc1ccc2c(c1)C(=O)NC2=O)C1CC1. The van der Waals surface area contributed by atoms with E-state index in [1.807, 2.05) is 0 Å². The van der Waals surface area contributed by atoms with Gasteiger partial charge in [0.15, 0.2) is 0 Å². The van der Waals surface area contributed by atoms with Crippen LogP contribution in [0.3, 0.4) is 0 Å². The predicted molar refractivity (Wildman–Crippen MR) is 96.9 cm³/mol. The van der Waals surface area contributed by atoms with Gasteiger partial charge in [0, 0.05) is 17.3 Å². The first-order chi connectivity index (χ1) is 13.0. The lowest BCUT2D eigenvalue weighted by Gasteiger charge is -2.30. The van der Waals surface area contributed by atoms with E-state index in [9.17, 15) is 18.8 Å². The van der Waals surface area contributed by atoms with Crippen LogP contribution in [0.5, 0.6) is 0 Å². The van der Waals surface area contributed by atoms with Gasteiger partial charge in [-0.1, -0.05) is 18.2 Å². The summed E-state index contributed by atoms with van der Waals surface area (Å²) in [6, 6.07) is 10.2. The van der Waals surface area contributed by atoms with Gasteiger partial charge in [-0.3, -0.25) is 14.9 Å². The molecule has 0 spiro atoms. The Labute approximate surface area is 155 Å². The van der Waals surface area contributed by atoms with Gasteiger partial charge in [0.2, 0.25) is 0 Å². The minimum absolute atomic E-state index is 0.0545. The highest BCUT2D eigenvalue weighted by Gasteiger charge is 2.37. The van der Waals surface area contributed by atoms with Gasteiger partial charge >= 0.3 is 6.03 Å². The summed E-state index contributed by atoms with van der Waals surface area (Å²) >= 11 is 0. The molecule has 7 heteroatoms. The van der Waals surface area contributed by atoms with Crippen LogP contribution in [0.15, 0.2) is 42.5 Å². The van der Waals surface area contributed by atoms with Gasteiger partial charge in [-0.15, -0.1) is 0 Å². The lowest BCUT2D eigenvalue weighted by Crippen LogP contribution is -2.39. The van der Waals surface area contributed by atoms with Crippen molar-refractivity contribution < 1.29 is 18.8 Å². The number of nitrogens with one attached hydrogen (secondary N) is 2. The van der Waals surface area contributed by atoms with Gasteiger partial charge in [0.25, 0.3) is 11.8 Å². The second-order valence-corrected chi connectivity index (χ2v) is 6.81. The molecule has 6 nitrogen and oxygen atoms in total. The summed E-state index contributed by atoms with van der Waals surface area (Å²) in [6.07, 6.45) is 1.74. The van der Waals surface area contributed by atoms with Crippen LogP contribution < -0.4 is 10.6 Å². The second kappa shape index (κ2) is 6.50. The first-order valence-electron chi connectivity index (χ1n) is 8.79. The van der Waals surface area contributed by atoms with E-state index in [2.05, 4.69) is 10.6 Å². The summed E-state index contributed by atoms with van der Waals surface area (Å²) in [6.45, 7) is 1.80. The molecule has 1 aliphatic heterocycles. The highest BCUT2D eigenvalue weighted by atomic mass is 19.1. The van der Waals surface area contributed by atoms with Crippen LogP contribution in [0.25, 0.3) is 0 Å². The van der Waals surface area contributed by atoms with Gasteiger partial charge in [-0.2, -0.15) is 0 Å². The van der Waals surface area contributed by atoms with E-state index < -0.39 is 17.9 Å². The number of hydrogen-bond donors (Lipinski definition) is 2. The quantitative estimate of drug-likeness (QED) is 0.812. The van der Waals surface area contributed by atoms with E-state index in [1.54, 1.807) is 36.1 Å². The lowest BCUT2D eigenvalue weighted by molar-refractivity contribution is 0.0879. The lowest BCUT2D eigenvalue weighted by atomic mass is 10.1. The maximum Gasteiger partial charge on any atom is 0.322 e. The first-order valence-corrected chi connectivity index (χ1v) is 8.79. The number of fused-ring (bicyclic) bond motifs is 1. The summed E-state index contributed by atoms with van der Waals surface area (Å²) in [4.78, 5) is 38.0. The molecule has 1 atom stereocenters. The molecule has 0 bridgehead atoms. The Kier molecular flexibility index (Phi) is 4.14. The normalized spacial score (nSPS) is 16.5. The maximum absolute atomic E-state index is 14.2. The number of carbonyl (C=O) groups excluding carboxylic acids is 3. The van der Waals surface area contributed by atoms with Crippen LogP contribution in [0.4, 0.5) is 14.9 Å². The van der Waals surface area contributed by atoms with Gasteiger partial charge < -0.3 is 10.2 Å². The second-order valence-electron chi connectivity index (χ2n) is 6.81. The number of nitrogens with zero attached hydrogens (tertiary/aromatic N) is 1. The van der Waals surface area contributed by atoms with Gasteiger partial charge in [-0.25, -0.2) is 9.18 Å². The van der Waals surface area contributed by atoms with Crippen LogP contribution >= 0.6 is 0 Å². The first kappa shape index (κ1) is 17.2. The van der Waals surface area contributed by atoms with Crippen LogP contribution in [0, 0.1) is 5.82 Å². The Morgan fingerprint density at radius 3 is 2.56 bits per heavy atom. The monoisotopic (exact) mass is 367 g/mol. The molecule has 2 aliphatic rings. The van der Waals surface area contributed by atoms with E-state index in [0.29, 0.717) is 11.3 Å².